The summed E-state index contributed by atoms with van der Waals surface area (Å²) >= 11 is 0.709. The lowest BCUT2D eigenvalue weighted by Gasteiger charge is -2.30. The number of hydrogen-bond acceptors (Lipinski definition) is 12. The van der Waals surface area contributed by atoms with Crippen LogP contribution in [-0.4, -0.2) is 98.2 Å². The molecule has 0 aromatic carbocycles. The van der Waals surface area contributed by atoms with E-state index >= 15 is 0 Å². The van der Waals surface area contributed by atoms with Gasteiger partial charge in [-0.3, -0.25) is 23.8 Å². The van der Waals surface area contributed by atoms with Crippen molar-refractivity contribution >= 4 is 35.8 Å². The van der Waals surface area contributed by atoms with Gasteiger partial charge in [0.05, 0.1) is 19.8 Å². The molecule has 36 heavy (non-hydrogen) atoms. The van der Waals surface area contributed by atoms with Crippen LogP contribution in [0.4, 0.5) is 0 Å². The van der Waals surface area contributed by atoms with Gasteiger partial charge in [-0.2, -0.15) is 0 Å². The Morgan fingerprint density at radius 3 is 2.36 bits per heavy atom. The Balaban J connectivity index is 3.27. The molecule has 0 saturated carbocycles. The van der Waals surface area contributed by atoms with Gasteiger partial charge in [0.2, 0.25) is 11.8 Å². The largest absolute Gasteiger partial charge is 0.391 e. The SMILES string of the molecule is CCOP(=O)(OC(O)C1O[C@@H](N(/C=C(/C)C(C)=O)C(C)=O)[C@H](OCCOC)[C@@H]1OC)SCCC(N)=O. The molecule has 0 aromatic heterocycles. The van der Waals surface area contributed by atoms with Crippen molar-refractivity contribution in [2.75, 3.05) is 39.8 Å². The highest BCUT2D eigenvalue weighted by Crippen LogP contribution is 2.61. The maximum Gasteiger partial charge on any atom is 0.391 e. The number of allylic oxidation sites excluding steroid dienone is 1. The van der Waals surface area contributed by atoms with E-state index in [1.165, 1.54) is 34.3 Å². The number of nitrogens with two attached hydrogens (primary N) is 1. The maximum absolute atomic E-state index is 13.1. The normalized spacial score (nSPS) is 24.8. The van der Waals surface area contributed by atoms with Crippen LogP contribution in [-0.2, 0) is 46.9 Å². The number of methoxy groups -OCH3 is 2. The topological polar surface area (TPSA) is 173 Å². The first-order valence-corrected chi connectivity index (χ1v) is 14.3. The first kappa shape index (κ1) is 32.7. The van der Waals surface area contributed by atoms with Gasteiger partial charge in [0, 0.05) is 45.1 Å². The molecule has 13 nitrogen and oxygen atoms in total. The van der Waals surface area contributed by atoms with Crippen molar-refractivity contribution in [2.45, 2.75) is 64.9 Å². The second kappa shape index (κ2) is 15.8. The molecule has 1 fully saturated rings. The van der Waals surface area contributed by atoms with Crippen LogP contribution in [0, 0.1) is 0 Å². The van der Waals surface area contributed by atoms with Crippen LogP contribution in [0.2, 0.25) is 0 Å². The van der Waals surface area contributed by atoms with Crippen LogP contribution < -0.4 is 5.73 Å². The van der Waals surface area contributed by atoms with Gasteiger partial charge in [-0.05, 0) is 32.2 Å². The fourth-order valence-corrected chi connectivity index (χ4v) is 6.53. The summed E-state index contributed by atoms with van der Waals surface area (Å²) in [5, 5.41) is 10.9. The number of Topliss-reactive ketones (excluding diaryl/α,β-unsaturated/α-hetero) is 1. The third-order valence-corrected chi connectivity index (χ3v) is 8.85. The van der Waals surface area contributed by atoms with Crippen molar-refractivity contribution in [1.29, 1.82) is 0 Å². The van der Waals surface area contributed by atoms with Crippen molar-refractivity contribution < 1.29 is 52.1 Å². The second-order valence-electron chi connectivity index (χ2n) is 7.72. The number of amides is 2. The van der Waals surface area contributed by atoms with E-state index < -0.39 is 49.4 Å². The van der Waals surface area contributed by atoms with Crippen molar-refractivity contribution in [2.24, 2.45) is 5.73 Å². The first-order chi connectivity index (χ1) is 16.9. The number of ketones is 1. The highest BCUT2D eigenvalue weighted by molar-refractivity contribution is 8.55. The lowest BCUT2D eigenvalue weighted by atomic mass is 10.1. The Morgan fingerprint density at radius 2 is 1.86 bits per heavy atom. The van der Waals surface area contributed by atoms with Crippen molar-refractivity contribution in [3.63, 3.8) is 0 Å². The predicted molar refractivity (Wildman–Crippen MR) is 131 cm³/mol. The zero-order valence-electron chi connectivity index (χ0n) is 21.4. The van der Waals surface area contributed by atoms with Crippen LogP contribution in [0.25, 0.3) is 0 Å². The second-order valence-corrected chi connectivity index (χ2v) is 11.9. The van der Waals surface area contributed by atoms with E-state index in [0.717, 1.165) is 4.90 Å². The van der Waals surface area contributed by atoms with Gasteiger partial charge in [-0.25, -0.2) is 4.57 Å². The number of hydrogen-bond donors (Lipinski definition) is 2. The van der Waals surface area contributed by atoms with E-state index in [2.05, 4.69) is 0 Å². The minimum Gasteiger partial charge on any atom is -0.382 e. The number of primary amides is 1. The summed E-state index contributed by atoms with van der Waals surface area (Å²) < 4.78 is 46.2. The smallest absolute Gasteiger partial charge is 0.382 e. The molecule has 1 heterocycles. The van der Waals surface area contributed by atoms with E-state index in [0.29, 0.717) is 11.4 Å². The van der Waals surface area contributed by atoms with Gasteiger partial charge in [-0.15, -0.1) is 0 Å². The lowest BCUT2D eigenvalue weighted by molar-refractivity contribution is -0.171. The Kier molecular flexibility index (Phi) is 14.3. The quantitative estimate of drug-likeness (QED) is 0.114. The van der Waals surface area contributed by atoms with E-state index in [1.54, 1.807) is 13.8 Å². The third-order valence-electron chi connectivity index (χ3n) is 5.02. The molecule has 1 saturated heterocycles. The Labute approximate surface area is 215 Å². The van der Waals surface area contributed by atoms with Crippen molar-refractivity contribution in [3.8, 4) is 0 Å². The van der Waals surface area contributed by atoms with Gasteiger partial charge < -0.3 is 34.3 Å². The molecule has 1 aliphatic heterocycles. The minimum absolute atomic E-state index is 0.00537. The first-order valence-electron chi connectivity index (χ1n) is 11.2. The van der Waals surface area contributed by atoms with E-state index in [9.17, 15) is 24.1 Å². The molecule has 0 aliphatic carbocycles. The number of carbonyl (C=O) groups is 3. The Morgan fingerprint density at radius 1 is 1.19 bits per heavy atom. The molecule has 1 aliphatic rings. The maximum atomic E-state index is 13.1. The van der Waals surface area contributed by atoms with Crippen LogP contribution in [0.5, 0.6) is 0 Å². The van der Waals surface area contributed by atoms with Crippen LogP contribution in [0.15, 0.2) is 11.8 Å². The number of aliphatic hydroxyl groups is 1. The molecule has 0 aromatic rings. The molecule has 2 amide bonds. The molecular weight excluding hydrogens is 519 g/mol. The van der Waals surface area contributed by atoms with Crippen molar-refractivity contribution in [1.82, 2.24) is 4.90 Å². The summed E-state index contributed by atoms with van der Waals surface area (Å²) in [6, 6.07) is 0. The molecule has 3 N–H and O–H groups in total. The highest BCUT2D eigenvalue weighted by Gasteiger charge is 2.53. The van der Waals surface area contributed by atoms with Gasteiger partial charge in [0.15, 0.2) is 18.3 Å². The van der Waals surface area contributed by atoms with E-state index in [-0.39, 0.29) is 43.4 Å². The number of nitrogens with zero attached hydrogens (tertiary/aromatic N) is 1. The minimum atomic E-state index is -3.94. The molecule has 0 bridgehead atoms. The third kappa shape index (κ3) is 9.84. The van der Waals surface area contributed by atoms with E-state index in [1.807, 2.05) is 0 Å². The molecule has 0 radical (unpaired) electrons. The predicted octanol–water partition coefficient (Wildman–Crippen LogP) is 1.19. The van der Waals surface area contributed by atoms with Crippen molar-refractivity contribution in [3.05, 3.63) is 11.8 Å². The number of carbonyl (C=O) groups excluding carboxylic acids is 3. The summed E-state index contributed by atoms with van der Waals surface area (Å²) in [5.41, 5.74) is 5.41. The molecular formula is C21H37N2O11PS. The van der Waals surface area contributed by atoms with Crippen LogP contribution in [0.1, 0.15) is 34.1 Å². The lowest BCUT2D eigenvalue weighted by Crippen LogP contribution is -2.46. The van der Waals surface area contributed by atoms with Gasteiger partial charge in [0.1, 0.15) is 18.3 Å². The average Bonchev–Trinajstić information content (AvgIpc) is 3.15. The van der Waals surface area contributed by atoms with Gasteiger partial charge >= 0.3 is 6.80 Å². The fraction of sp³-hybridized carbons (Fsp3) is 0.762. The van der Waals surface area contributed by atoms with Crippen LogP contribution in [0.3, 0.4) is 0 Å². The number of aliphatic hydroxyl groups excluding tert-OH is 1. The Hall–Kier alpha value is -1.35. The monoisotopic (exact) mass is 556 g/mol. The highest BCUT2D eigenvalue weighted by atomic mass is 32.7. The number of ether oxygens (including phenoxy) is 4. The molecule has 6 atom stereocenters. The van der Waals surface area contributed by atoms with Gasteiger partial charge in [0.25, 0.3) is 0 Å². The summed E-state index contributed by atoms with van der Waals surface area (Å²) in [6.07, 6.45) is -4.91. The molecule has 3 unspecified atom stereocenters. The fourth-order valence-electron chi connectivity index (χ4n) is 3.18. The summed E-state index contributed by atoms with van der Waals surface area (Å²) in [4.78, 5) is 36.5. The molecule has 0 spiro atoms. The van der Waals surface area contributed by atoms with Crippen LogP contribution >= 0.6 is 18.2 Å². The standard InChI is InChI=1S/C21H37N2O11PS/c1-7-32-35(28,36-11-8-16(22)26)34-21(27)19-17(30-6)18(31-10-9-29-5)20(33-19)23(15(4)25)12-13(2)14(3)24/h12,17-21,27H,7-11H2,1-6H3,(H2,22,26)/b13-12-/t17-,18+,19?,20+,21?,35?/m0/s1. The average molecular weight is 557 g/mol. The van der Waals surface area contributed by atoms with Gasteiger partial charge in [-0.1, -0.05) is 0 Å². The number of rotatable bonds is 17. The zero-order valence-corrected chi connectivity index (χ0v) is 23.1. The summed E-state index contributed by atoms with van der Waals surface area (Å²) in [5.74, 6) is -1.28. The zero-order chi connectivity index (χ0) is 27.5. The summed E-state index contributed by atoms with van der Waals surface area (Å²) in [6.45, 7) is 2.15. The Bertz CT molecular complexity index is 828. The summed E-state index contributed by atoms with van der Waals surface area (Å²) in [7, 11) is 2.84. The van der Waals surface area contributed by atoms with E-state index in [4.69, 9.17) is 33.7 Å². The molecule has 208 valence electrons. The molecule has 1 rings (SSSR count). The molecule has 15 heteroatoms.